The molecule has 1 unspecified atom stereocenters. The van der Waals surface area contributed by atoms with Gasteiger partial charge in [0.05, 0.1) is 29.7 Å². The molecule has 0 bridgehead atoms. The first kappa shape index (κ1) is 23.1. The van der Waals surface area contributed by atoms with Crippen molar-refractivity contribution in [2.24, 2.45) is 0 Å². The summed E-state index contributed by atoms with van der Waals surface area (Å²) >= 11 is 0. The summed E-state index contributed by atoms with van der Waals surface area (Å²) < 4.78 is 46.1. The van der Waals surface area contributed by atoms with Gasteiger partial charge in [-0.2, -0.15) is 4.31 Å². The Morgan fingerprint density at radius 2 is 1.79 bits per heavy atom. The first-order valence-electron chi connectivity index (χ1n) is 10.5. The lowest BCUT2D eigenvalue weighted by atomic mass is 10.0. The van der Waals surface area contributed by atoms with Crippen LogP contribution in [0.1, 0.15) is 28.9 Å². The number of nitrogens with one attached hydrogen (secondary N) is 1. The lowest BCUT2D eigenvalue weighted by molar-refractivity contribution is 0.0730. The number of carbonyl (C=O) groups is 1. The van der Waals surface area contributed by atoms with Crippen LogP contribution in [0.3, 0.4) is 0 Å². The Labute approximate surface area is 190 Å². The SMILES string of the molecule is CC(c1ccc(F)cc1)N(C)C(=O)c1cc(=O)[nH]c2ccc(S(=O)(=O)N3CCOCC3)cc12. The van der Waals surface area contributed by atoms with Crippen LogP contribution in [0.5, 0.6) is 0 Å². The minimum atomic E-state index is -3.79. The van der Waals surface area contributed by atoms with E-state index in [0.717, 1.165) is 5.56 Å². The van der Waals surface area contributed by atoms with Crippen molar-refractivity contribution in [3.05, 3.63) is 75.8 Å². The molecule has 1 aliphatic heterocycles. The lowest BCUT2D eigenvalue weighted by Gasteiger charge is -2.27. The molecule has 0 aliphatic carbocycles. The highest BCUT2D eigenvalue weighted by Gasteiger charge is 2.28. The van der Waals surface area contributed by atoms with Gasteiger partial charge in [-0.25, -0.2) is 12.8 Å². The average molecular weight is 474 g/mol. The number of ether oxygens (including phenoxy) is 1. The van der Waals surface area contributed by atoms with E-state index in [-0.39, 0.29) is 29.4 Å². The van der Waals surface area contributed by atoms with Gasteiger partial charge in [-0.05, 0) is 42.8 Å². The molecule has 4 rings (SSSR count). The van der Waals surface area contributed by atoms with Crippen molar-refractivity contribution < 1.29 is 22.3 Å². The van der Waals surface area contributed by atoms with Gasteiger partial charge in [0.2, 0.25) is 15.6 Å². The number of pyridine rings is 1. The van der Waals surface area contributed by atoms with Crippen LogP contribution in [-0.4, -0.2) is 61.9 Å². The standard InChI is InChI=1S/C23H24FN3O5S/c1-15(16-3-5-17(24)6-4-16)26(2)23(29)20-14-22(28)25-21-8-7-18(13-19(20)21)33(30,31)27-9-11-32-12-10-27/h3-8,13-15H,9-12H2,1-2H3,(H,25,28). The van der Waals surface area contributed by atoms with Crippen molar-refractivity contribution in [2.75, 3.05) is 33.4 Å². The predicted molar refractivity (Wildman–Crippen MR) is 121 cm³/mol. The number of hydrogen-bond donors (Lipinski definition) is 1. The fourth-order valence-corrected chi connectivity index (χ4v) is 5.27. The highest BCUT2D eigenvalue weighted by molar-refractivity contribution is 7.89. The van der Waals surface area contributed by atoms with Crippen LogP contribution >= 0.6 is 0 Å². The number of amides is 1. The summed E-state index contributed by atoms with van der Waals surface area (Å²) in [6, 6.07) is 10.9. The third kappa shape index (κ3) is 4.54. The average Bonchev–Trinajstić information content (AvgIpc) is 2.82. The lowest BCUT2D eigenvalue weighted by Crippen LogP contribution is -2.40. The van der Waals surface area contributed by atoms with Crippen LogP contribution in [0.15, 0.2) is 58.2 Å². The highest BCUT2D eigenvalue weighted by atomic mass is 32.2. The molecular formula is C23H24FN3O5S. The van der Waals surface area contributed by atoms with Crippen molar-refractivity contribution in [1.82, 2.24) is 14.2 Å². The maximum Gasteiger partial charge on any atom is 0.254 e. The van der Waals surface area contributed by atoms with E-state index < -0.39 is 27.5 Å². The van der Waals surface area contributed by atoms with E-state index in [1.54, 1.807) is 26.1 Å². The minimum absolute atomic E-state index is 0.0345. The smallest absolute Gasteiger partial charge is 0.254 e. The third-order valence-corrected chi connectivity index (χ3v) is 7.80. The summed E-state index contributed by atoms with van der Waals surface area (Å²) in [5.41, 5.74) is 0.688. The number of H-pyrrole nitrogens is 1. The van der Waals surface area contributed by atoms with Crippen LogP contribution in [0.25, 0.3) is 10.9 Å². The van der Waals surface area contributed by atoms with E-state index in [1.165, 1.54) is 45.6 Å². The van der Waals surface area contributed by atoms with Crippen LogP contribution < -0.4 is 5.56 Å². The summed E-state index contributed by atoms with van der Waals surface area (Å²) in [7, 11) is -2.21. The molecule has 1 saturated heterocycles. The predicted octanol–water partition coefficient (Wildman–Crippen LogP) is 2.52. The number of aromatic amines is 1. The Kier molecular flexibility index (Phi) is 6.33. The van der Waals surface area contributed by atoms with Crippen molar-refractivity contribution in [3.63, 3.8) is 0 Å². The Hall–Kier alpha value is -3.08. The Morgan fingerprint density at radius 3 is 2.45 bits per heavy atom. The van der Waals surface area contributed by atoms with E-state index in [2.05, 4.69) is 4.98 Å². The largest absolute Gasteiger partial charge is 0.379 e. The zero-order chi connectivity index (χ0) is 23.8. The van der Waals surface area contributed by atoms with Gasteiger partial charge in [-0.3, -0.25) is 9.59 Å². The molecule has 2 heterocycles. The summed E-state index contributed by atoms with van der Waals surface area (Å²) in [4.78, 5) is 29.7. The van der Waals surface area contributed by atoms with Gasteiger partial charge >= 0.3 is 0 Å². The molecule has 10 heteroatoms. The van der Waals surface area contributed by atoms with Gasteiger partial charge in [0.25, 0.3) is 5.91 Å². The summed E-state index contributed by atoms with van der Waals surface area (Å²) in [6.45, 7) is 2.91. The quantitative estimate of drug-likeness (QED) is 0.614. The molecule has 174 valence electrons. The maximum absolute atomic E-state index is 13.4. The number of nitrogens with zero attached hydrogens (tertiary/aromatic N) is 2. The number of sulfonamides is 1. The Morgan fingerprint density at radius 1 is 1.12 bits per heavy atom. The fourth-order valence-electron chi connectivity index (χ4n) is 3.84. The second kappa shape index (κ2) is 9.05. The molecule has 1 aliphatic rings. The van der Waals surface area contributed by atoms with Crippen molar-refractivity contribution >= 4 is 26.8 Å². The first-order chi connectivity index (χ1) is 15.7. The molecule has 8 nitrogen and oxygen atoms in total. The number of hydrogen-bond acceptors (Lipinski definition) is 5. The van der Waals surface area contributed by atoms with Gasteiger partial charge in [0.1, 0.15) is 5.82 Å². The number of benzene rings is 2. The zero-order valence-electron chi connectivity index (χ0n) is 18.2. The number of rotatable bonds is 5. The molecule has 1 fully saturated rings. The number of fused-ring (bicyclic) bond motifs is 1. The summed E-state index contributed by atoms with van der Waals surface area (Å²) in [5, 5.41) is 0.326. The van der Waals surface area contributed by atoms with Crippen LogP contribution in [0, 0.1) is 5.82 Å². The van der Waals surface area contributed by atoms with Crippen LogP contribution in [0.4, 0.5) is 4.39 Å². The van der Waals surface area contributed by atoms with Gasteiger partial charge in [0.15, 0.2) is 0 Å². The monoisotopic (exact) mass is 473 g/mol. The molecule has 1 aromatic heterocycles. The second-order valence-corrected chi connectivity index (χ2v) is 9.85. The van der Waals surface area contributed by atoms with E-state index in [9.17, 15) is 22.4 Å². The topological polar surface area (TPSA) is 99.8 Å². The Bertz CT molecular complexity index is 1350. The van der Waals surface area contributed by atoms with E-state index in [1.807, 2.05) is 0 Å². The normalized spacial score (nSPS) is 16.0. The van der Waals surface area contributed by atoms with E-state index in [0.29, 0.717) is 24.1 Å². The van der Waals surface area contributed by atoms with Crippen LogP contribution in [-0.2, 0) is 14.8 Å². The third-order valence-electron chi connectivity index (χ3n) is 5.91. The molecule has 1 N–H and O–H groups in total. The van der Waals surface area contributed by atoms with E-state index in [4.69, 9.17) is 4.74 Å². The van der Waals surface area contributed by atoms with Crippen molar-refractivity contribution in [3.8, 4) is 0 Å². The van der Waals surface area contributed by atoms with Gasteiger partial charge in [0, 0.05) is 37.1 Å². The number of morpholine rings is 1. The van der Waals surface area contributed by atoms with Gasteiger partial charge in [-0.1, -0.05) is 12.1 Å². The van der Waals surface area contributed by atoms with Crippen molar-refractivity contribution in [1.29, 1.82) is 0 Å². The van der Waals surface area contributed by atoms with Crippen molar-refractivity contribution in [2.45, 2.75) is 17.9 Å². The molecular weight excluding hydrogens is 449 g/mol. The Balaban J connectivity index is 1.75. The molecule has 3 aromatic rings. The molecule has 1 amide bonds. The number of halogens is 1. The molecule has 0 saturated carbocycles. The van der Waals surface area contributed by atoms with E-state index >= 15 is 0 Å². The fraction of sp³-hybridized carbons (Fsp3) is 0.304. The molecule has 33 heavy (non-hydrogen) atoms. The van der Waals surface area contributed by atoms with Crippen LogP contribution in [0.2, 0.25) is 0 Å². The number of aromatic nitrogens is 1. The molecule has 2 aromatic carbocycles. The molecule has 0 radical (unpaired) electrons. The minimum Gasteiger partial charge on any atom is -0.379 e. The zero-order valence-corrected chi connectivity index (χ0v) is 19.1. The van der Waals surface area contributed by atoms with Gasteiger partial charge < -0.3 is 14.6 Å². The maximum atomic E-state index is 13.4. The first-order valence-corrected chi connectivity index (χ1v) is 11.9. The van der Waals surface area contributed by atoms with Gasteiger partial charge in [-0.15, -0.1) is 0 Å². The summed E-state index contributed by atoms with van der Waals surface area (Å²) in [6.07, 6.45) is 0. The molecule has 1 atom stereocenters. The summed E-state index contributed by atoms with van der Waals surface area (Å²) in [5.74, 6) is -0.835. The molecule has 0 spiro atoms. The highest BCUT2D eigenvalue weighted by Crippen LogP contribution is 2.26. The second-order valence-electron chi connectivity index (χ2n) is 7.91. The number of carbonyl (C=O) groups excluding carboxylic acids is 1.